The predicted molar refractivity (Wildman–Crippen MR) is 83.7 cm³/mol. The molecule has 6 nitrogen and oxygen atoms in total. The molecule has 0 radical (unpaired) electrons. The highest BCUT2D eigenvalue weighted by Crippen LogP contribution is 2.28. The number of carbonyl (C=O) groups excluding carboxylic acids is 1. The summed E-state index contributed by atoms with van der Waals surface area (Å²) in [4.78, 5) is 25.2. The van der Waals surface area contributed by atoms with Crippen LogP contribution in [0.3, 0.4) is 0 Å². The number of anilines is 1. The van der Waals surface area contributed by atoms with Crippen LogP contribution in [-0.4, -0.2) is 57.7 Å². The fourth-order valence-corrected chi connectivity index (χ4v) is 3.48. The number of nitrogens with zero attached hydrogens (tertiary/aromatic N) is 4. The molecule has 6 heteroatoms. The molecule has 2 aliphatic rings. The Kier molecular flexibility index (Phi) is 4.04. The number of aromatic nitrogens is 2. The molecule has 1 N–H and O–H groups in total. The molecular weight excluding hydrogens is 280 g/mol. The van der Waals surface area contributed by atoms with Crippen LogP contribution in [0.1, 0.15) is 37.2 Å². The lowest BCUT2D eigenvalue weighted by atomic mass is 9.91. The maximum absolute atomic E-state index is 12.6. The molecule has 3 heterocycles. The van der Waals surface area contributed by atoms with Crippen LogP contribution >= 0.6 is 0 Å². The highest BCUT2D eigenvalue weighted by Gasteiger charge is 2.43. The number of hydrogen-bond donors (Lipinski definition) is 1. The Balaban J connectivity index is 1.79. The molecule has 0 aromatic carbocycles. The van der Waals surface area contributed by atoms with Gasteiger partial charge in [-0.2, -0.15) is 0 Å². The molecule has 1 amide bonds. The zero-order valence-corrected chi connectivity index (χ0v) is 13.4. The van der Waals surface area contributed by atoms with Crippen molar-refractivity contribution in [3.63, 3.8) is 0 Å². The van der Waals surface area contributed by atoms with Gasteiger partial charge in [-0.25, -0.2) is 9.97 Å². The molecule has 3 rings (SSSR count). The lowest BCUT2D eigenvalue weighted by Crippen LogP contribution is -2.58. The van der Waals surface area contributed by atoms with Crippen molar-refractivity contribution in [1.82, 2.24) is 14.9 Å². The Hall–Kier alpha value is -1.69. The smallest absolute Gasteiger partial charge is 0.256 e. The lowest BCUT2D eigenvalue weighted by Gasteiger charge is -2.40. The summed E-state index contributed by atoms with van der Waals surface area (Å²) in [5, 5.41) is 10.9. The molecule has 0 aliphatic carbocycles. The molecular formula is C16H24N4O2. The summed E-state index contributed by atoms with van der Waals surface area (Å²) in [6.45, 7) is 6.47. The van der Waals surface area contributed by atoms with Crippen LogP contribution in [0.2, 0.25) is 0 Å². The van der Waals surface area contributed by atoms with E-state index in [0.717, 1.165) is 56.2 Å². The fourth-order valence-electron chi connectivity index (χ4n) is 3.48. The van der Waals surface area contributed by atoms with Crippen LogP contribution in [0, 0.1) is 13.8 Å². The molecule has 1 aromatic rings. The fraction of sp³-hybridized carbons (Fsp3) is 0.688. The van der Waals surface area contributed by atoms with E-state index in [1.54, 1.807) is 4.90 Å². The standard InChI is InChI=1S/C16H24N4O2/c1-12-10-14(18-13(2)17-12)20-9-5-6-16(22,11-20)15(21)19-7-3-4-8-19/h10,22H,3-9,11H2,1-2H3/t16-/m1/s1. The normalized spacial score (nSPS) is 25.6. The molecule has 0 unspecified atom stereocenters. The van der Waals surface area contributed by atoms with E-state index in [4.69, 9.17) is 0 Å². The average Bonchev–Trinajstić information content (AvgIpc) is 2.99. The van der Waals surface area contributed by atoms with Crippen molar-refractivity contribution in [2.75, 3.05) is 31.1 Å². The molecule has 22 heavy (non-hydrogen) atoms. The van der Waals surface area contributed by atoms with E-state index >= 15 is 0 Å². The van der Waals surface area contributed by atoms with Crippen molar-refractivity contribution in [1.29, 1.82) is 0 Å². The van der Waals surface area contributed by atoms with E-state index in [9.17, 15) is 9.90 Å². The molecule has 2 fully saturated rings. The van der Waals surface area contributed by atoms with Gasteiger partial charge in [0, 0.05) is 31.4 Å². The Labute approximate surface area is 131 Å². The topological polar surface area (TPSA) is 69.6 Å². The SMILES string of the molecule is Cc1cc(N2CCC[C@](O)(C(=O)N3CCCC3)C2)nc(C)n1. The largest absolute Gasteiger partial charge is 0.378 e. The van der Waals surface area contributed by atoms with Gasteiger partial charge in [-0.3, -0.25) is 4.79 Å². The minimum absolute atomic E-state index is 0.114. The summed E-state index contributed by atoms with van der Waals surface area (Å²) >= 11 is 0. The summed E-state index contributed by atoms with van der Waals surface area (Å²) in [5.41, 5.74) is -0.377. The van der Waals surface area contributed by atoms with Gasteiger partial charge >= 0.3 is 0 Å². The molecule has 120 valence electrons. The number of hydrogen-bond acceptors (Lipinski definition) is 5. The molecule has 0 bridgehead atoms. The summed E-state index contributed by atoms with van der Waals surface area (Å²) in [7, 11) is 0. The first-order valence-electron chi connectivity index (χ1n) is 8.07. The van der Waals surface area contributed by atoms with Gasteiger partial charge in [0.05, 0.1) is 6.54 Å². The average molecular weight is 304 g/mol. The van der Waals surface area contributed by atoms with Crippen LogP contribution in [-0.2, 0) is 4.79 Å². The Morgan fingerprint density at radius 1 is 1.18 bits per heavy atom. The van der Waals surface area contributed by atoms with Crippen LogP contribution in [0.15, 0.2) is 6.07 Å². The monoisotopic (exact) mass is 304 g/mol. The van der Waals surface area contributed by atoms with Gasteiger partial charge in [-0.05, 0) is 39.5 Å². The molecule has 0 saturated carbocycles. The molecule has 2 saturated heterocycles. The summed E-state index contributed by atoms with van der Waals surface area (Å²) < 4.78 is 0. The maximum Gasteiger partial charge on any atom is 0.256 e. The van der Waals surface area contributed by atoms with Gasteiger partial charge in [-0.15, -0.1) is 0 Å². The van der Waals surface area contributed by atoms with Gasteiger partial charge in [0.25, 0.3) is 5.91 Å². The van der Waals surface area contributed by atoms with Crippen LogP contribution in [0.25, 0.3) is 0 Å². The molecule has 1 atom stereocenters. The van der Waals surface area contributed by atoms with E-state index in [1.165, 1.54) is 0 Å². The number of aliphatic hydroxyl groups is 1. The molecule has 1 aromatic heterocycles. The minimum Gasteiger partial charge on any atom is -0.378 e. The first kappa shape index (κ1) is 15.2. The summed E-state index contributed by atoms with van der Waals surface area (Å²) in [5.74, 6) is 1.41. The predicted octanol–water partition coefficient (Wildman–Crippen LogP) is 1.05. The Morgan fingerprint density at radius 2 is 1.91 bits per heavy atom. The van der Waals surface area contributed by atoms with Crippen LogP contribution < -0.4 is 4.90 Å². The molecule has 0 spiro atoms. The van der Waals surface area contributed by atoms with Crippen molar-refractivity contribution < 1.29 is 9.90 Å². The third kappa shape index (κ3) is 2.92. The van der Waals surface area contributed by atoms with Gasteiger partial charge in [0.2, 0.25) is 0 Å². The van der Waals surface area contributed by atoms with Gasteiger partial charge in [-0.1, -0.05) is 0 Å². The lowest BCUT2D eigenvalue weighted by molar-refractivity contribution is -0.151. The van der Waals surface area contributed by atoms with E-state index in [0.29, 0.717) is 13.0 Å². The second kappa shape index (κ2) is 5.83. The zero-order chi connectivity index (χ0) is 15.7. The van der Waals surface area contributed by atoms with Crippen molar-refractivity contribution in [2.24, 2.45) is 0 Å². The maximum atomic E-state index is 12.6. The van der Waals surface area contributed by atoms with Crippen molar-refractivity contribution >= 4 is 11.7 Å². The number of likely N-dealkylation sites (tertiary alicyclic amines) is 1. The quantitative estimate of drug-likeness (QED) is 0.884. The minimum atomic E-state index is -1.28. The van der Waals surface area contributed by atoms with E-state index < -0.39 is 5.60 Å². The highest BCUT2D eigenvalue weighted by molar-refractivity contribution is 5.86. The number of carbonyl (C=O) groups is 1. The summed E-state index contributed by atoms with van der Waals surface area (Å²) in [6.07, 6.45) is 3.39. The summed E-state index contributed by atoms with van der Waals surface area (Å²) in [6, 6.07) is 1.92. The first-order chi connectivity index (χ1) is 10.5. The van der Waals surface area contributed by atoms with E-state index in [2.05, 4.69) is 9.97 Å². The van der Waals surface area contributed by atoms with Crippen molar-refractivity contribution in [3.8, 4) is 0 Å². The molecule has 2 aliphatic heterocycles. The van der Waals surface area contributed by atoms with Crippen molar-refractivity contribution in [3.05, 3.63) is 17.6 Å². The number of β-amino-alcohol motifs (C(OH)–C–C–N with tert-alkyl or cyclic N) is 1. The Morgan fingerprint density at radius 3 is 2.59 bits per heavy atom. The number of amides is 1. The third-order valence-corrected chi connectivity index (χ3v) is 4.54. The van der Waals surface area contributed by atoms with Gasteiger partial charge in [0.1, 0.15) is 11.6 Å². The first-order valence-corrected chi connectivity index (χ1v) is 8.07. The number of piperidine rings is 1. The van der Waals surface area contributed by atoms with Crippen LogP contribution in [0.4, 0.5) is 5.82 Å². The highest BCUT2D eigenvalue weighted by atomic mass is 16.3. The zero-order valence-electron chi connectivity index (χ0n) is 13.4. The van der Waals surface area contributed by atoms with Crippen LogP contribution in [0.5, 0.6) is 0 Å². The number of rotatable bonds is 2. The second-order valence-corrected chi connectivity index (χ2v) is 6.47. The Bertz CT molecular complexity index is 551. The van der Waals surface area contributed by atoms with E-state index in [-0.39, 0.29) is 5.91 Å². The van der Waals surface area contributed by atoms with Gasteiger partial charge in [0.15, 0.2) is 5.60 Å². The van der Waals surface area contributed by atoms with E-state index in [1.807, 2.05) is 24.8 Å². The van der Waals surface area contributed by atoms with Crippen molar-refractivity contribution in [2.45, 2.75) is 45.1 Å². The van der Waals surface area contributed by atoms with Gasteiger partial charge < -0.3 is 14.9 Å². The third-order valence-electron chi connectivity index (χ3n) is 4.54. The second-order valence-electron chi connectivity index (χ2n) is 6.47. The number of aryl methyl sites for hydroxylation is 2.